The number of hydrogen-bond acceptors (Lipinski definition) is 3. The van der Waals surface area contributed by atoms with Crippen molar-refractivity contribution in [2.24, 2.45) is 5.41 Å². The zero-order valence-electron chi connectivity index (χ0n) is 13.5. The molecule has 0 atom stereocenters. The lowest BCUT2D eigenvalue weighted by atomic mass is 9.79. The van der Waals surface area contributed by atoms with E-state index in [9.17, 15) is 0 Å². The van der Waals surface area contributed by atoms with Crippen molar-refractivity contribution in [2.45, 2.75) is 52.0 Å². The molecule has 4 heteroatoms. The Balaban J connectivity index is 1.95. The van der Waals surface area contributed by atoms with Crippen LogP contribution in [0, 0.1) is 5.41 Å². The number of nitrogens with one attached hydrogen (secondary N) is 1. The summed E-state index contributed by atoms with van der Waals surface area (Å²) >= 11 is 7.75. The minimum absolute atomic E-state index is 0.461. The van der Waals surface area contributed by atoms with Gasteiger partial charge in [-0.05, 0) is 44.0 Å². The Kier molecular flexibility index (Phi) is 7.00. The number of hydrogen-bond donors (Lipinski definition) is 1. The topological polar surface area (TPSA) is 15.3 Å². The van der Waals surface area contributed by atoms with Crippen LogP contribution in [0.4, 0.5) is 0 Å². The average Bonchev–Trinajstić information content (AvgIpc) is 2.72. The molecule has 1 heterocycles. The number of nitrogens with zero attached hydrogens (tertiary/aromatic N) is 1. The molecule has 21 heavy (non-hydrogen) atoms. The van der Waals surface area contributed by atoms with E-state index in [4.69, 9.17) is 11.6 Å². The molecule has 1 aliphatic carbocycles. The molecule has 2 rings (SSSR count). The quantitative estimate of drug-likeness (QED) is 0.724. The molecule has 0 aromatic carbocycles. The fourth-order valence-electron chi connectivity index (χ4n) is 3.59. The zero-order chi connectivity index (χ0) is 15.1. The largest absolute Gasteiger partial charge is 0.316 e. The minimum Gasteiger partial charge on any atom is -0.316 e. The second-order valence-electron chi connectivity index (χ2n) is 6.57. The van der Waals surface area contributed by atoms with Gasteiger partial charge in [-0.15, -0.1) is 11.3 Å². The first-order valence-corrected chi connectivity index (χ1v) is 9.46. The number of halogens is 1. The summed E-state index contributed by atoms with van der Waals surface area (Å²) < 4.78 is 0.898. The second-order valence-corrected chi connectivity index (χ2v) is 8.37. The van der Waals surface area contributed by atoms with Crippen molar-refractivity contribution >= 4 is 22.9 Å². The van der Waals surface area contributed by atoms with Crippen LogP contribution < -0.4 is 5.32 Å². The first-order valence-electron chi connectivity index (χ1n) is 8.27. The molecule has 2 nitrogen and oxygen atoms in total. The standard InChI is InChI=1S/C17H29ClN2S/c1-3-19-13-17(10-6-4-5-7-11-17)14-20(2)12-15-8-9-16(18)21-15/h8-9,19H,3-7,10-14H2,1-2H3. The van der Waals surface area contributed by atoms with Crippen molar-refractivity contribution < 1.29 is 0 Å². The highest BCUT2D eigenvalue weighted by atomic mass is 35.5. The number of thiophene rings is 1. The monoisotopic (exact) mass is 328 g/mol. The molecule has 0 aliphatic heterocycles. The molecule has 120 valence electrons. The Hall–Kier alpha value is -0.0900. The highest BCUT2D eigenvalue weighted by Crippen LogP contribution is 2.35. The van der Waals surface area contributed by atoms with Crippen LogP contribution in [0.25, 0.3) is 0 Å². The molecule has 0 amide bonds. The van der Waals surface area contributed by atoms with Crippen molar-refractivity contribution in [2.75, 3.05) is 26.7 Å². The van der Waals surface area contributed by atoms with Gasteiger partial charge >= 0.3 is 0 Å². The van der Waals surface area contributed by atoms with E-state index in [0.29, 0.717) is 5.41 Å². The van der Waals surface area contributed by atoms with Crippen LogP contribution in [0.3, 0.4) is 0 Å². The molecule has 0 bridgehead atoms. The lowest BCUT2D eigenvalue weighted by molar-refractivity contribution is 0.143. The summed E-state index contributed by atoms with van der Waals surface area (Å²) in [7, 11) is 2.26. The van der Waals surface area contributed by atoms with Gasteiger partial charge in [0.1, 0.15) is 0 Å². The third-order valence-electron chi connectivity index (χ3n) is 4.57. The molecule has 1 saturated carbocycles. The average molecular weight is 329 g/mol. The third-order valence-corrected chi connectivity index (χ3v) is 5.79. The van der Waals surface area contributed by atoms with Gasteiger partial charge in [-0.3, -0.25) is 0 Å². The summed E-state index contributed by atoms with van der Waals surface area (Å²) in [5, 5.41) is 3.61. The summed E-state index contributed by atoms with van der Waals surface area (Å²) in [5.41, 5.74) is 0.461. The van der Waals surface area contributed by atoms with E-state index in [-0.39, 0.29) is 0 Å². The van der Waals surface area contributed by atoms with Crippen LogP contribution in [0.1, 0.15) is 50.3 Å². The highest BCUT2D eigenvalue weighted by molar-refractivity contribution is 7.16. The predicted octanol–water partition coefficient (Wildman–Crippen LogP) is 4.78. The summed E-state index contributed by atoms with van der Waals surface area (Å²) in [6.45, 7) is 6.66. The Bertz CT molecular complexity index is 411. The van der Waals surface area contributed by atoms with E-state index in [1.54, 1.807) is 11.3 Å². The Morgan fingerprint density at radius 1 is 1.24 bits per heavy atom. The maximum atomic E-state index is 6.04. The summed E-state index contributed by atoms with van der Waals surface area (Å²) in [6, 6.07) is 4.17. The molecule has 1 aliphatic rings. The maximum Gasteiger partial charge on any atom is 0.0931 e. The van der Waals surface area contributed by atoms with Gasteiger partial charge < -0.3 is 10.2 Å². The van der Waals surface area contributed by atoms with Gasteiger partial charge in [-0.2, -0.15) is 0 Å². The summed E-state index contributed by atoms with van der Waals surface area (Å²) in [4.78, 5) is 3.86. The van der Waals surface area contributed by atoms with Crippen molar-refractivity contribution in [1.82, 2.24) is 10.2 Å². The van der Waals surface area contributed by atoms with Crippen LogP contribution in [-0.4, -0.2) is 31.6 Å². The normalized spacial score (nSPS) is 18.9. The molecule has 0 spiro atoms. The smallest absolute Gasteiger partial charge is 0.0931 e. The number of rotatable bonds is 7. The van der Waals surface area contributed by atoms with Gasteiger partial charge in [0.25, 0.3) is 0 Å². The van der Waals surface area contributed by atoms with Crippen LogP contribution in [0.5, 0.6) is 0 Å². The fraction of sp³-hybridized carbons (Fsp3) is 0.765. The van der Waals surface area contributed by atoms with Gasteiger partial charge in [0.05, 0.1) is 4.34 Å². The van der Waals surface area contributed by atoms with Crippen LogP contribution in [-0.2, 0) is 6.54 Å². The Morgan fingerprint density at radius 2 is 1.95 bits per heavy atom. The Labute approximate surface area is 138 Å². The van der Waals surface area contributed by atoms with Crippen molar-refractivity contribution in [3.63, 3.8) is 0 Å². The third kappa shape index (κ3) is 5.55. The molecule has 1 aromatic heterocycles. The first-order chi connectivity index (χ1) is 10.1. The van der Waals surface area contributed by atoms with E-state index < -0.39 is 0 Å². The van der Waals surface area contributed by atoms with Crippen molar-refractivity contribution in [3.05, 3.63) is 21.3 Å². The van der Waals surface area contributed by atoms with Gasteiger partial charge in [0.15, 0.2) is 0 Å². The molecule has 1 aromatic rings. The molecule has 0 unspecified atom stereocenters. The molecule has 1 N–H and O–H groups in total. The summed E-state index contributed by atoms with van der Waals surface area (Å²) in [5.74, 6) is 0. The summed E-state index contributed by atoms with van der Waals surface area (Å²) in [6.07, 6.45) is 8.36. The van der Waals surface area contributed by atoms with E-state index in [1.807, 2.05) is 6.07 Å². The van der Waals surface area contributed by atoms with E-state index in [1.165, 1.54) is 56.5 Å². The van der Waals surface area contributed by atoms with Gasteiger partial charge in [-0.1, -0.05) is 44.2 Å². The predicted molar refractivity (Wildman–Crippen MR) is 94.3 cm³/mol. The van der Waals surface area contributed by atoms with Crippen molar-refractivity contribution in [1.29, 1.82) is 0 Å². The lowest BCUT2D eigenvalue weighted by Crippen LogP contribution is -2.42. The Morgan fingerprint density at radius 3 is 2.52 bits per heavy atom. The SMILES string of the molecule is CCNCC1(CN(C)Cc2ccc(Cl)s2)CCCCCC1. The molecule has 1 fully saturated rings. The van der Waals surface area contributed by atoms with E-state index in [2.05, 4.69) is 30.3 Å². The zero-order valence-corrected chi connectivity index (χ0v) is 15.0. The minimum atomic E-state index is 0.461. The van der Waals surface area contributed by atoms with E-state index in [0.717, 1.165) is 17.4 Å². The van der Waals surface area contributed by atoms with E-state index >= 15 is 0 Å². The van der Waals surface area contributed by atoms with Gasteiger partial charge in [-0.25, -0.2) is 0 Å². The fourth-order valence-corrected chi connectivity index (χ4v) is 4.76. The molecular formula is C17H29ClN2S. The van der Waals surface area contributed by atoms with Crippen LogP contribution in [0.15, 0.2) is 12.1 Å². The molecule has 0 saturated heterocycles. The van der Waals surface area contributed by atoms with Crippen LogP contribution >= 0.6 is 22.9 Å². The second kappa shape index (κ2) is 8.52. The molecular weight excluding hydrogens is 300 g/mol. The first kappa shape index (κ1) is 17.3. The maximum absolute atomic E-state index is 6.04. The van der Waals surface area contributed by atoms with Gasteiger partial charge in [0.2, 0.25) is 0 Å². The van der Waals surface area contributed by atoms with Crippen molar-refractivity contribution in [3.8, 4) is 0 Å². The highest BCUT2D eigenvalue weighted by Gasteiger charge is 2.31. The van der Waals surface area contributed by atoms with Crippen LogP contribution in [0.2, 0.25) is 4.34 Å². The van der Waals surface area contributed by atoms with Gasteiger partial charge in [0, 0.05) is 24.5 Å². The lowest BCUT2D eigenvalue weighted by Gasteiger charge is -2.37. The molecule has 0 radical (unpaired) electrons.